The molecule has 0 fully saturated rings. The monoisotopic (exact) mass is 649 g/mol. The minimum Gasteiger partial charge on any atom is -0.354 e. The number of aromatic amines is 1. The van der Waals surface area contributed by atoms with Gasteiger partial charge in [0.05, 0.1) is 16.6 Å². The van der Waals surface area contributed by atoms with Gasteiger partial charge in [-0.3, -0.25) is 0 Å². The van der Waals surface area contributed by atoms with Gasteiger partial charge in [-0.2, -0.15) is 0 Å². The highest BCUT2D eigenvalue weighted by Crippen LogP contribution is 2.47. The average molecular weight is 650 g/mol. The van der Waals surface area contributed by atoms with Crippen molar-refractivity contribution in [2.45, 2.75) is 0 Å². The lowest BCUT2D eigenvalue weighted by Gasteiger charge is -2.26. The molecule has 51 heavy (non-hydrogen) atoms. The molecule has 2 aromatic heterocycles. The van der Waals surface area contributed by atoms with Crippen LogP contribution in [0.4, 0.5) is 17.1 Å². The zero-order chi connectivity index (χ0) is 33.5. The summed E-state index contributed by atoms with van der Waals surface area (Å²) in [6.07, 6.45) is 0. The molecule has 0 saturated carbocycles. The van der Waals surface area contributed by atoms with Crippen LogP contribution in [-0.4, -0.2) is 9.55 Å². The van der Waals surface area contributed by atoms with Gasteiger partial charge < -0.3 is 14.5 Å². The van der Waals surface area contributed by atoms with Crippen LogP contribution in [0.3, 0.4) is 0 Å². The number of hydrogen-bond donors (Lipinski definition) is 1. The van der Waals surface area contributed by atoms with E-state index in [0.717, 1.165) is 28.3 Å². The van der Waals surface area contributed by atoms with Gasteiger partial charge in [0.1, 0.15) is 0 Å². The van der Waals surface area contributed by atoms with Crippen molar-refractivity contribution in [2.24, 2.45) is 0 Å². The summed E-state index contributed by atoms with van der Waals surface area (Å²) in [4.78, 5) is 6.18. The van der Waals surface area contributed by atoms with Crippen molar-refractivity contribution in [3.8, 4) is 5.69 Å². The molecule has 0 aliphatic carbocycles. The number of fused-ring (bicyclic) bond motifs is 13. The van der Waals surface area contributed by atoms with Crippen molar-refractivity contribution in [2.75, 3.05) is 4.90 Å². The first-order valence-electron chi connectivity index (χ1n) is 17.5. The van der Waals surface area contributed by atoms with Crippen LogP contribution in [0.5, 0.6) is 0 Å². The first-order valence-corrected chi connectivity index (χ1v) is 17.5. The van der Waals surface area contributed by atoms with Crippen LogP contribution in [0.25, 0.3) is 81.6 Å². The minimum atomic E-state index is 1.12. The highest BCUT2D eigenvalue weighted by atomic mass is 15.1. The molecule has 0 radical (unpaired) electrons. The third kappa shape index (κ3) is 4.12. The second-order valence-electron chi connectivity index (χ2n) is 13.4. The summed E-state index contributed by atoms with van der Waals surface area (Å²) in [5.41, 5.74) is 9.34. The molecule has 11 rings (SSSR count). The highest BCUT2D eigenvalue weighted by Gasteiger charge is 2.23. The van der Waals surface area contributed by atoms with E-state index in [1.54, 1.807) is 0 Å². The first kappa shape index (κ1) is 28.0. The van der Waals surface area contributed by atoms with Crippen LogP contribution in [0, 0.1) is 0 Å². The minimum absolute atomic E-state index is 1.12. The lowest BCUT2D eigenvalue weighted by atomic mass is 9.98. The van der Waals surface area contributed by atoms with Crippen LogP contribution >= 0.6 is 0 Å². The molecule has 2 heterocycles. The summed E-state index contributed by atoms with van der Waals surface area (Å²) < 4.78 is 2.51. The van der Waals surface area contributed by atoms with Gasteiger partial charge in [-0.15, -0.1) is 0 Å². The lowest BCUT2D eigenvalue weighted by molar-refractivity contribution is 1.19. The molecule has 0 aliphatic heterocycles. The van der Waals surface area contributed by atoms with Gasteiger partial charge in [0.15, 0.2) is 0 Å². The molecule has 0 unspecified atom stereocenters. The van der Waals surface area contributed by atoms with Crippen LogP contribution in [0.2, 0.25) is 0 Å². The van der Waals surface area contributed by atoms with E-state index in [-0.39, 0.29) is 0 Å². The van der Waals surface area contributed by atoms with E-state index in [1.165, 1.54) is 70.4 Å². The average Bonchev–Trinajstić information content (AvgIpc) is 3.76. The molecule has 3 nitrogen and oxygen atoms in total. The molecule has 11 aromatic rings. The fourth-order valence-electron chi connectivity index (χ4n) is 8.43. The van der Waals surface area contributed by atoms with E-state index < -0.39 is 0 Å². The molecule has 0 atom stereocenters. The van der Waals surface area contributed by atoms with Crippen molar-refractivity contribution < 1.29 is 0 Å². The Morgan fingerprint density at radius 2 is 0.980 bits per heavy atom. The molecule has 238 valence electrons. The van der Waals surface area contributed by atoms with Crippen molar-refractivity contribution in [1.82, 2.24) is 9.55 Å². The predicted molar refractivity (Wildman–Crippen MR) is 217 cm³/mol. The molecular weight excluding hydrogens is 619 g/mol. The number of rotatable bonds is 4. The molecule has 9 aromatic carbocycles. The zero-order valence-electron chi connectivity index (χ0n) is 27.7. The fraction of sp³-hybridized carbons (Fsp3) is 0. The number of para-hydroxylation sites is 3. The van der Waals surface area contributed by atoms with Gasteiger partial charge in [0.2, 0.25) is 0 Å². The fourth-order valence-corrected chi connectivity index (χ4v) is 8.43. The van der Waals surface area contributed by atoms with Gasteiger partial charge in [0.25, 0.3) is 0 Å². The number of nitrogens with zero attached hydrogens (tertiary/aromatic N) is 2. The number of benzene rings is 9. The molecular formula is C48H31N3. The van der Waals surface area contributed by atoms with Gasteiger partial charge in [-0.25, -0.2) is 0 Å². The van der Waals surface area contributed by atoms with Crippen LogP contribution < -0.4 is 4.90 Å². The maximum absolute atomic E-state index is 3.81. The van der Waals surface area contributed by atoms with E-state index in [9.17, 15) is 0 Å². The maximum Gasteiger partial charge on any atom is 0.0627 e. The van der Waals surface area contributed by atoms with Crippen LogP contribution in [0.15, 0.2) is 182 Å². The molecule has 3 heteroatoms. The van der Waals surface area contributed by atoms with Crippen molar-refractivity contribution in [1.29, 1.82) is 0 Å². The predicted octanol–water partition coefficient (Wildman–Crippen LogP) is 13.3. The van der Waals surface area contributed by atoms with E-state index in [0.29, 0.717) is 0 Å². The highest BCUT2D eigenvalue weighted by molar-refractivity contribution is 6.38. The normalized spacial score (nSPS) is 11.9. The Hall–Kier alpha value is -6.84. The molecule has 0 saturated heterocycles. The Morgan fingerprint density at radius 1 is 0.373 bits per heavy atom. The standard InChI is InChI=1S/C48H31N3/c1-3-15-34(16-4-1)50(36-25-23-31-13-7-8-14-32(31)29-36)37-26-28-38-33(30-37)24-27-42-45-44-41-21-11-12-22-43(41)49-46(44)39-19-9-10-20-40(39)48(45)51(47(38)42)35-17-5-2-6-18-35/h1-30,49H. The molecule has 0 amide bonds. The molecule has 1 N–H and O–H groups in total. The summed E-state index contributed by atoms with van der Waals surface area (Å²) in [5.74, 6) is 0. The summed E-state index contributed by atoms with van der Waals surface area (Å²) in [5, 5.41) is 12.4. The second kappa shape index (κ2) is 10.8. The maximum atomic E-state index is 3.81. The molecule has 0 bridgehead atoms. The Bertz CT molecular complexity index is 3130. The Morgan fingerprint density at radius 3 is 1.80 bits per heavy atom. The van der Waals surface area contributed by atoms with Gasteiger partial charge in [-0.05, 0) is 70.8 Å². The summed E-state index contributed by atoms with van der Waals surface area (Å²) in [6, 6.07) is 66.1. The lowest BCUT2D eigenvalue weighted by Crippen LogP contribution is -2.09. The summed E-state index contributed by atoms with van der Waals surface area (Å²) >= 11 is 0. The second-order valence-corrected chi connectivity index (χ2v) is 13.4. The number of aromatic nitrogens is 2. The van der Waals surface area contributed by atoms with Crippen LogP contribution in [-0.2, 0) is 0 Å². The Kier molecular flexibility index (Phi) is 5.96. The smallest absolute Gasteiger partial charge is 0.0627 e. The summed E-state index contributed by atoms with van der Waals surface area (Å²) in [7, 11) is 0. The molecule has 0 aliphatic rings. The number of nitrogens with one attached hydrogen (secondary N) is 1. The van der Waals surface area contributed by atoms with Crippen molar-refractivity contribution in [3.05, 3.63) is 182 Å². The van der Waals surface area contributed by atoms with Crippen LogP contribution in [0.1, 0.15) is 0 Å². The quantitative estimate of drug-likeness (QED) is 0.202. The third-order valence-electron chi connectivity index (χ3n) is 10.6. The van der Waals surface area contributed by atoms with E-state index in [1.807, 2.05) is 0 Å². The van der Waals surface area contributed by atoms with Crippen molar-refractivity contribution in [3.63, 3.8) is 0 Å². The zero-order valence-corrected chi connectivity index (χ0v) is 27.7. The van der Waals surface area contributed by atoms with E-state index in [2.05, 4.69) is 196 Å². The molecule has 0 spiro atoms. The Labute approximate surface area is 294 Å². The van der Waals surface area contributed by atoms with Gasteiger partial charge >= 0.3 is 0 Å². The van der Waals surface area contributed by atoms with Gasteiger partial charge in [0, 0.05) is 66.0 Å². The van der Waals surface area contributed by atoms with Gasteiger partial charge in [-0.1, -0.05) is 127 Å². The largest absolute Gasteiger partial charge is 0.354 e. The topological polar surface area (TPSA) is 24.0 Å². The SMILES string of the molecule is c1ccc(N(c2ccc3ccccc3c2)c2ccc3c(ccc4c5c6c7ccccc7[nH]c6c6ccccc6c5n(-c5ccccc5)c34)c2)cc1. The van der Waals surface area contributed by atoms with Crippen molar-refractivity contribution >= 4 is 93.0 Å². The summed E-state index contributed by atoms with van der Waals surface area (Å²) in [6.45, 7) is 0. The van der Waals surface area contributed by atoms with E-state index >= 15 is 0 Å². The number of anilines is 3. The third-order valence-corrected chi connectivity index (χ3v) is 10.6. The first-order chi connectivity index (χ1) is 25.3. The van der Waals surface area contributed by atoms with E-state index in [4.69, 9.17) is 0 Å². The number of hydrogen-bond acceptors (Lipinski definition) is 1. The number of H-pyrrole nitrogens is 1. The Balaban J connectivity index is 1.25.